The molecule has 0 N–H and O–H groups in total. The molecular weight excluding hydrogens is 386 g/mol. The van der Waals surface area contributed by atoms with Crippen molar-refractivity contribution in [3.05, 3.63) is 71.1 Å². The van der Waals surface area contributed by atoms with Gasteiger partial charge >= 0.3 is 0 Å². The van der Waals surface area contributed by atoms with Gasteiger partial charge in [0.25, 0.3) is 0 Å². The van der Waals surface area contributed by atoms with Gasteiger partial charge in [0.2, 0.25) is 11.0 Å². The maximum atomic E-state index is 5.69. The van der Waals surface area contributed by atoms with E-state index in [4.69, 9.17) is 9.15 Å². The van der Waals surface area contributed by atoms with Crippen LogP contribution in [0.15, 0.2) is 58.3 Å². The number of hydrogen-bond acceptors (Lipinski definition) is 7. The molecule has 2 aromatic heterocycles. The summed E-state index contributed by atoms with van der Waals surface area (Å²) in [6.45, 7) is 4.73. The molecule has 0 unspecified atom stereocenters. The maximum Gasteiger partial charge on any atom is 0.226 e. The summed E-state index contributed by atoms with van der Waals surface area (Å²) >= 11 is 1.53. The highest BCUT2D eigenvalue weighted by molar-refractivity contribution is 7.98. The van der Waals surface area contributed by atoms with Crippen LogP contribution in [0.5, 0.6) is 5.75 Å². The van der Waals surface area contributed by atoms with Crippen LogP contribution >= 0.6 is 11.8 Å². The van der Waals surface area contributed by atoms with Gasteiger partial charge in [-0.1, -0.05) is 41.6 Å². The molecule has 8 heteroatoms. The number of tetrazole rings is 1. The smallest absolute Gasteiger partial charge is 0.226 e. The summed E-state index contributed by atoms with van der Waals surface area (Å²) in [6, 6.07) is 14.1. The first-order chi connectivity index (χ1) is 14.1. The van der Waals surface area contributed by atoms with Gasteiger partial charge in [0.15, 0.2) is 0 Å². The standard InChI is InChI=1S/C21H21N5O2S/c1-14-4-9-19(15(2)10-14)20-22-17(12-28-20)13-29-21-23-24-25-26(21)11-16-5-7-18(27-3)8-6-16/h4-10,12H,11,13H2,1-3H3. The Morgan fingerprint density at radius 3 is 2.69 bits per heavy atom. The molecule has 0 aliphatic rings. The molecular formula is C21H21N5O2S. The van der Waals surface area contributed by atoms with Crippen LogP contribution in [0.3, 0.4) is 0 Å². The first-order valence-corrected chi connectivity index (χ1v) is 10.1. The minimum Gasteiger partial charge on any atom is -0.497 e. The normalized spacial score (nSPS) is 11.0. The molecule has 0 saturated heterocycles. The number of benzene rings is 2. The van der Waals surface area contributed by atoms with Gasteiger partial charge in [0, 0.05) is 11.3 Å². The first-order valence-electron chi connectivity index (χ1n) is 9.16. The highest BCUT2D eigenvalue weighted by atomic mass is 32.2. The fourth-order valence-electron chi connectivity index (χ4n) is 2.99. The van der Waals surface area contributed by atoms with E-state index in [-0.39, 0.29) is 0 Å². The lowest BCUT2D eigenvalue weighted by Gasteiger charge is -2.05. The van der Waals surface area contributed by atoms with Crippen LogP contribution in [0, 0.1) is 13.8 Å². The average molecular weight is 407 g/mol. The van der Waals surface area contributed by atoms with Gasteiger partial charge in [-0.15, -0.1) is 5.10 Å². The summed E-state index contributed by atoms with van der Waals surface area (Å²) in [6.07, 6.45) is 1.69. The van der Waals surface area contributed by atoms with E-state index in [9.17, 15) is 0 Å². The predicted molar refractivity (Wildman–Crippen MR) is 111 cm³/mol. The van der Waals surface area contributed by atoms with Crippen molar-refractivity contribution in [1.82, 2.24) is 25.2 Å². The van der Waals surface area contributed by atoms with Gasteiger partial charge in [0.05, 0.1) is 19.3 Å². The third kappa shape index (κ3) is 4.48. The van der Waals surface area contributed by atoms with E-state index in [2.05, 4.69) is 46.5 Å². The topological polar surface area (TPSA) is 78.9 Å². The Kier molecular flexibility index (Phi) is 5.62. The number of thioether (sulfide) groups is 1. The Morgan fingerprint density at radius 2 is 1.93 bits per heavy atom. The summed E-state index contributed by atoms with van der Waals surface area (Å²) < 4.78 is 12.7. The van der Waals surface area contributed by atoms with Crippen molar-refractivity contribution in [3.8, 4) is 17.2 Å². The minimum atomic E-state index is 0.589. The lowest BCUT2D eigenvalue weighted by atomic mass is 10.1. The molecule has 0 bridgehead atoms. The molecule has 7 nitrogen and oxygen atoms in total. The van der Waals surface area contributed by atoms with Crippen molar-refractivity contribution in [1.29, 1.82) is 0 Å². The highest BCUT2D eigenvalue weighted by Gasteiger charge is 2.12. The Balaban J connectivity index is 1.42. The van der Waals surface area contributed by atoms with Crippen molar-refractivity contribution < 1.29 is 9.15 Å². The van der Waals surface area contributed by atoms with Crippen LogP contribution in [-0.2, 0) is 12.3 Å². The van der Waals surface area contributed by atoms with Crippen molar-refractivity contribution in [3.63, 3.8) is 0 Å². The molecule has 0 aliphatic carbocycles. The predicted octanol–water partition coefficient (Wildman–Crippen LogP) is 4.29. The lowest BCUT2D eigenvalue weighted by Crippen LogP contribution is -2.04. The third-order valence-electron chi connectivity index (χ3n) is 4.50. The van der Waals surface area contributed by atoms with Crippen LogP contribution in [0.25, 0.3) is 11.5 Å². The second kappa shape index (κ2) is 8.48. The summed E-state index contributed by atoms with van der Waals surface area (Å²) in [5, 5.41) is 12.8. The van der Waals surface area contributed by atoms with Crippen molar-refractivity contribution >= 4 is 11.8 Å². The summed E-state index contributed by atoms with van der Waals surface area (Å²) in [7, 11) is 1.65. The molecule has 0 atom stereocenters. The average Bonchev–Trinajstić information content (AvgIpc) is 3.36. The van der Waals surface area contributed by atoms with Gasteiger partial charge in [0.1, 0.15) is 12.0 Å². The lowest BCUT2D eigenvalue weighted by molar-refractivity contribution is 0.414. The van der Waals surface area contributed by atoms with E-state index in [1.165, 1.54) is 17.3 Å². The monoisotopic (exact) mass is 407 g/mol. The number of aromatic nitrogens is 5. The molecule has 4 aromatic rings. The zero-order valence-corrected chi connectivity index (χ0v) is 17.3. The van der Waals surface area contributed by atoms with Crippen LogP contribution in [0.2, 0.25) is 0 Å². The van der Waals surface area contributed by atoms with Gasteiger partial charge in [-0.05, 0) is 53.6 Å². The molecule has 29 heavy (non-hydrogen) atoms. The largest absolute Gasteiger partial charge is 0.497 e. The Morgan fingerprint density at radius 1 is 1.10 bits per heavy atom. The fourth-order valence-corrected chi connectivity index (χ4v) is 3.75. The minimum absolute atomic E-state index is 0.589. The molecule has 2 heterocycles. The third-order valence-corrected chi connectivity index (χ3v) is 5.49. The molecule has 0 amide bonds. The molecule has 0 saturated carbocycles. The van der Waals surface area contributed by atoms with Gasteiger partial charge in [-0.25, -0.2) is 9.67 Å². The summed E-state index contributed by atoms with van der Waals surface area (Å²) in [4.78, 5) is 4.62. The number of nitrogens with zero attached hydrogens (tertiary/aromatic N) is 5. The van der Waals surface area contributed by atoms with E-state index in [0.29, 0.717) is 18.2 Å². The number of hydrogen-bond donors (Lipinski definition) is 0. The number of ether oxygens (including phenoxy) is 1. The molecule has 2 aromatic carbocycles. The number of aryl methyl sites for hydroxylation is 2. The van der Waals surface area contributed by atoms with E-state index in [0.717, 1.165) is 33.3 Å². The van der Waals surface area contributed by atoms with Gasteiger partial charge in [-0.3, -0.25) is 0 Å². The van der Waals surface area contributed by atoms with Crippen LogP contribution in [0.4, 0.5) is 0 Å². The Bertz CT molecular complexity index is 1100. The van der Waals surface area contributed by atoms with E-state index in [1.54, 1.807) is 18.1 Å². The molecule has 0 fully saturated rings. The second-order valence-electron chi connectivity index (χ2n) is 6.72. The van der Waals surface area contributed by atoms with E-state index in [1.807, 2.05) is 30.3 Å². The van der Waals surface area contributed by atoms with E-state index >= 15 is 0 Å². The number of oxazole rings is 1. The van der Waals surface area contributed by atoms with Gasteiger partial charge in [-0.2, -0.15) is 0 Å². The van der Waals surface area contributed by atoms with E-state index < -0.39 is 0 Å². The zero-order valence-electron chi connectivity index (χ0n) is 16.5. The highest BCUT2D eigenvalue weighted by Crippen LogP contribution is 2.26. The Labute approximate surface area is 173 Å². The molecule has 4 rings (SSSR count). The number of rotatable bonds is 7. The second-order valence-corrected chi connectivity index (χ2v) is 7.66. The van der Waals surface area contributed by atoms with Crippen LogP contribution in [-0.4, -0.2) is 32.3 Å². The first kappa shape index (κ1) is 19.2. The molecule has 0 radical (unpaired) electrons. The zero-order chi connectivity index (χ0) is 20.2. The number of methoxy groups -OCH3 is 1. The van der Waals surface area contributed by atoms with Gasteiger partial charge < -0.3 is 9.15 Å². The maximum absolute atomic E-state index is 5.69. The summed E-state index contributed by atoms with van der Waals surface area (Å²) in [5.74, 6) is 2.08. The molecule has 148 valence electrons. The van der Waals surface area contributed by atoms with Crippen LogP contribution in [0.1, 0.15) is 22.4 Å². The van der Waals surface area contributed by atoms with Crippen LogP contribution < -0.4 is 4.74 Å². The summed E-state index contributed by atoms with van der Waals surface area (Å²) in [5.41, 5.74) is 5.32. The fraction of sp³-hybridized carbons (Fsp3) is 0.238. The SMILES string of the molecule is COc1ccc(Cn2nnnc2SCc2coc(-c3ccc(C)cc3C)n2)cc1. The molecule has 0 aliphatic heterocycles. The van der Waals surface area contributed by atoms with Crippen molar-refractivity contribution in [2.45, 2.75) is 31.3 Å². The molecule has 0 spiro atoms. The Hall–Kier alpha value is -3.13. The van der Waals surface area contributed by atoms with Crippen molar-refractivity contribution in [2.24, 2.45) is 0 Å². The van der Waals surface area contributed by atoms with Crippen molar-refractivity contribution in [2.75, 3.05) is 7.11 Å². The quantitative estimate of drug-likeness (QED) is 0.423.